The molecular weight excluding hydrogens is 386 g/mol. The third-order valence-corrected chi connectivity index (χ3v) is 5.16. The predicted octanol–water partition coefficient (Wildman–Crippen LogP) is 1.81. The molecule has 1 aromatic carbocycles. The van der Waals surface area contributed by atoms with Gasteiger partial charge in [-0.25, -0.2) is 13.8 Å². The third-order valence-electron chi connectivity index (χ3n) is 2.81. The molecule has 0 saturated carbocycles. The average molecular weight is 400 g/mol. The third kappa shape index (κ3) is 4.75. The number of hydrogen-bond donors (Lipinski definition) is 1. The van der Waals surface area contributed by atoms with Crippen LogP contribution in [-0.4, -0.2) is 38.4 Å². The number of hydrogen-bond acceptors (Lipinski definition) is 5. The van der Waals surface area contributed by atoms with Gasteiger partial charge in [0.25, 0.3) is 5.91 Å². The number of furan rings is 1. The summed E-state index contributed by atoms with van der Waals surface area (Å²) in [7, 11) is -2.41. The van der Waals surface area contributed by atoms with Crippen molar-refractivity contribution in [2.45, 2.75) is 4.90 Å². The number of nitrogens with zero attached hydrogens (tertiary/aromatic N) is 2. The predicted molar refractivity (Wildman–Crippen MR) is 88.4 cm³/mol. The summed E-state index contributed by atoms with van der Waals surface area (Å²) in [5.74, 6) is -0.0860. The van der Waals surface area contributed by atoms with Crippen molar-refractivity contribution < 1.29 is 17.6 Å². The van der Waals surface area contributed by atoms with E-state index in [0.717, 1.165) is 8.78 Å². The van der Waals surface area contributed by atoms with Crippen molar-refractivity contribution >= 4 is 38.1 Å². The number of likely N-dealkylation sites (N-methyl/N-ethyl adjacent to an activating group) is 1. The Morgan fingerprint density at radius 2 is 2.04 bits per heavy atom. The van der Waals surface area contributed by atoms with E-state index in [0.29, 0.717) is 5.76 Å². The Morgan fingerprint density at radius 3 is 2.65 bits per heavy atom. The molecule has 0 atom stereocenters. The Kier molecular flexibility index (Phi) is 5.69. The molecule has 1 aromatic heterocycles. The maximum Gasteiger partial charge on any atom is 0.255 e. The first-order valence-electron chi connectivity index (χ1n) is 6.47. The second-order valence-electron chi connectivity index (χ2n) is 4.52. The largest absolute Gasteiger partial charge is 0.463 e. The lowest BCUT2D eigenvalue weighted by molar-refractivity contribution is -0.121. The van der Waals surface area contributed by atoms with Crippen LogP contribution in [0.5, 0.6) is 0 Å². The van der Waals surface area contributed by atoms with E-state index < -0.39 is 15.9 Å². The van der Waals surface area contributed by atoms with Crippen molar-refractivity contribution in [1.82, 2.24) is 9.73 Å². The minimum absolute atomic E-state index is 0.107. The van der Waals surface area contributed by atoms with Gasteiger partial charge in [0.2, 0.25) is 10.0 Å². The molecule has 0 aliphatic carbocycles. The van der Waals surface area contributed by atoms with Crippen molar-refractivity contribution in [2.75, 3.05) is 13.6 Å². The second-order valence-corrected chi connectivity index (χ2v) is 7.48. The topological polar surface area (TPSA) is 92.0 Å². The molecule has 0 aliphatic rings. The molecule has 0 bridgehead atoms. The number of rotatable bonds is 6. The Bertz CT molecular complexity index is 786. The lowest BCUT2D eigenvalue weighted by Gasteiger charge is -2.16. The number of halogens is 1. The van der Waals surface area contributed by atoms with Gasteiger partial charge in [-0.2, -0.15) is 9.41 Å². The number of nitrogens with one attached hydrogen (secondary N) is 1. The Balaban J connectivity index is 1.96. The quantitative estimate of drug-likeness (QED) is 0.592. The van der Waals surface area contributed by atoms with Crippen LogP contribution in [0.15, 0.2) is 61.5 Å². The standard InChI is InChI=1S/C14H14BrN3O4S/c1-18(23(20,21)13-6-4-11(15)5-7-13)10-14(19)17-16-9-12-3-2-8-22-12/h2-9H,10H2,1H3,(H,17,19)/b16-9+. The molecule has 0 saturated heterocycles. The van der Waals surface area contributed by atoms with Crippen molar-refractivity contribution in [2.24, 2.45) is 5.10 Å². The van der Waals surface area contributed by atoms with E-state index >= 15 is 0 Å². The summed E-state index contributed by atoms with van der Waals surface area (Å²) in [6, 6.07) is 9.51. The molecule has 0 radical (unpaired) electrons. The molecule has 2 aromatic rings. The number of carbonyl (C=O) groups excluding carboxylic acids is 1. The van der Waals surface area contributed by atoms with Crippen molar-refractivity contribution in [3.8, 4) is 0 Å². The molecule has 0 spiro atoms. The van der Waals surface area contributed by atoms with Gasteiger partial charge in [0.15, 0.2) is 0 Å². The van der Waals surface area contributed by atoms with Gasteiger partial charge in [0.05, 0.1) is 23.9 Å². The highest BCUT2D eigenvalue weighted by Crippen LogP contribution is 2.17. The van der Waals surface area contributed by atoms with E-state index in [9.17, 15) is 13.2 Å². The number of amides is 1. The average Bonchev–Trinajstić information content (AvgIpc) is 3.01. The Labute approximate surface area is 142 Å². The monoisotopic (exact) mass is 399 g/mol. The van der Waals surface area contributed by atoms with Gasteiger partial charge >= 0.3 is 0 Å². The molecule has 1 heterocycles. The van der Waals surface area contributed by atoms with Crippen LogP contribution in [-0.2, 0) is 14.8 Å². The molecule has 9 heteroatoms. The van der Waals surface area contributed by atoms with Crippen LogP contribution in [0.4, 0.5) is 0 Å². The van der Waals surface area contributed by atoms with Crippen molar-refractivity contribution in [3.63, 3.8) is 0 Å². The van der Waals surface area contributed by atoms with Gasteiger partial charge in [-0.15, -0.1) is 0 Å². The van der Waals surface area contributed by atoms with Gasteiger partial charge in [0, 0.05) is 11.5 Å². The molecule has 0 unspecified atom stereocenters. The number of carbonyl (C=O) groups is 1. The highest BCUT2D eigenvalue weighted by molar-refractivity contribution is 9.10. The first-order valence-corrected chi connectivity index (χ1v) is 8.70. The van der Waals surface area contributed by atoms with E-state index in [1.807, 2.05) is 0 Å². The van der Waals surface area contributed by atoms with Crippen LogP contribution in [0.25, 0.3) is 0 Å². The molecule has 1 amide bonds. The lowest BCUT2D eigenvalue weighted by atomic mass is 10.4. The first-order chi connectivity index (χ1) is 10.9. The van der Waals surface area contributed by atoms with Crippen LogP contribution < -0.4 is 5.43 Å². The number of sulfonamides is 1. The van der Waals surface area contributed by atoms with Gasteiger partial charge in [-0.05, 0) is 36.4 Å². The summed E-state index contributed by atoms with van der Waals surface area (Å²) in [5, 5.41) is 3.69. The molecule has 0 aliphatic heterocycles. The van der Waals surface area contributed by atoms with Crippen LogP contribution in [0.3, 0.4) is 0 Å². The highest BCUT2D eigenvalue weighted by atomic mass is 79.9. The molecule has 7 nitrogen and oxygen atoms in total. The van der Waals surface area contributed by atoms with E-state index in [-0.39, 0.29) is 11.4 Å². The minimum atomic E-state index is -3.74. The van der Waals surface area contributed by atoms with E-state index in [4.69, 9.17) is 4.42 Å². The van der Waals surface area contributed by atoms with Crippen LogP contribution in [0, 0.1) is 0 Å². The van der Waals surface area contributed by atoms with E-state index in [2.05, 4.69) is 26.5 Å². The van der Waals surface area contributed by atoms with E-state index in [1.54, 1.807) is 24.3 Å². The molecule has 0 fully saturated rings. The zero-order valence-electron chi connectivity index (χ0n) is 12.1. The smallest absolute Gasteiger partial charge is 0.255 e. The van der Waals surface area contributed by atoms with Gasteiger partial charge in [-0.3, -0.25) is 4.79 Å². The van der Waals surface area contributed by atoms with Crippen molar-refractivity contribution in [1.29, 1.82) is 0 Å². The second kappa shape index (κ2) is 7.53. The molecule has 23 heavy (non-hydrogen) atoms. The van der Waals surface area contributed by atoms with Crippen LogP contribution in [0.2, 0.25) is 0 Å². The normalized spacial score (nSPS) is 12.0. The number of benzene rings is 1. The fourth-order valence-electron chi connectivity index (χ4n) is 1.64. The Hall–Kier alpha value is -1.97. The SMILES string of the molecule is CN(CC(=O)N/N=C/c1ccco1)S(=O)(=O)c1ccc(Br)cc1. The maximum absolute atomic E-state index is 12.3. The molecule has 2 rings (SSSR count). The van der Waals surface area contributed by atoms with Crippen LogP contribution in [0.1, 0.15) is 5.76 Å². The summed E-state index contributed by atoms with van der Waals surface area (Å²) >= 11 is 3.24. The zero-order chi connectivity index (χ0) is 16.9. The summed E-state index contributed by atoms with van der Waals surface area (Å²) in [5.41, 5.74) is 2.24. The van der Waals surface area contributed by atoms with Gasteiger partial charge in [-0.1, -0.05) is 15.9 Å². The van der Waals surface area contributed by atoms with Gasteiger partial charge < -0.3 is 4.42 Å². The summed E-state index contributed by atoms with van der Waals surface area (Å²) in [4.78, 5) is 11.9. The summed E-state index contributed by atoms with van der Waals surface area (Å²) in [6.45, 7) is -0.353. The molecule has 1 N–H and O–H groups in total. The lowest BCUT2D eigenvalue weighted by Crippen LogP contribution is -2.36. The fraction of sp³-hybridized carbons (Fsp3) is 0.143. The van der Waals surface area contributed by atoms with Crippen LogP contribution >= 0.6 is 15.9 Å². The molecule has 122 valence electrons. The van der Waals surface area contributed by atoms with Crippen molar-refractivity contribution in [3.05, 3.63) is 52.9 Å². The zero-order valence-corrected chi connectivity index (χ0v) is 14.5. The fourth-order valence-corrected chi connectivity index (χ4v) is 3.03. The Morgan fingerprint density at radius 1 is 1.35 bits per heavy atom. The van der Waals surface area contributed by atoms with Gasteiger partial charge in [0.1, 0.15) is 5.76 Å². The molecular formula is C14H14BrN3O4S. The maximum atomic E-state index is 12.3. The summed E-state index contributed by atoms with van der Waals surface area (Å²) < 4.78 is 31.4. The van der Waals surface area contributed by atoms with E-state index in [1.165, 1.54) is 31.7 Å². The minimum Gasteiger partial charge on any atom is -0.463 e. The highest BCUT2D eigenvalue weighted by Gasteiger charge is 2.22. The number of hydrazone groups is 1. The summed E-state index contributed by atoms with van der Waals surface area (Å²) in [6.07, 6.45) is 2.79. The first kappa shape index (κ1) is 17.4.